The zero-order valence-electron chi connectivity index (χ0n) is 13.3. The molecule has 1 heterocycles. The molecule has 0 aliphatic carbocycles. The van der Waals surface area contributed by atoms with Crippen LogP contribution in [0.2, 0.25) is 0 Å². The second kappa shape index (κ2) is 7.57. The summed E-state index contributed by atoms with van der Waals surface area (Å²) in [7, 11) is 0. The molecule has 0 spiro atoms. The SMILES string of the molecule is CCCNCc1csc(COc2cc(C)cc(C)c2C)n1. The van der Waals surface area contributed by atoms with Crippen LogP contribution in [0.1, 0.15) is 40.7 Å². The lowest BCUT2D eigenvalue weighted by molar-refractivity contribution is 0.302. The Morgan fingerprint density at radius 3 is 2.81 bits per heavy atom. The Morgan fingerprint density at radius 2 is 2.05 bits per heavy atom. The van der Waals surface area contributed by atoms with E-state index in [9.17, 15) is 0 Å². The van der Waals surface area contributed by atoms with Crippen LogP contribution >= 0.6 is 11.3 Å². The minimum Gasteiger partial charge on any atom is -0.486 e. The van der Waals surface area contributed by atoms with E-state index in [-0.39, 0.29) is 0 Å². The molecule has 1 aromatic carbocycles. The van der Waals surface area contributed by atoms with E-state index in [1.54, 1.807) is 11.3 Å². The van der Waals surface area contributed by atoms with Gasteiger partial charge in [-0.25, -0.2) is 4.98 Å². The molecule has 2 aromatic rings. The van der Waals surface area contributed by atoms with Gasteiger partial charge in [0.1, 0.15) is 17.4 Å². The van der Waals surface area contributed by atoms with Gasteiger partial charge in [-0.3, -0.25) is 0 Å². The maximum Gasteiger partial charge on any atom is 0.140 e. The van der Waals surface area contributed by atoms with Crippen molar-refractivity contribution in [3.8, 4) is 5.75 Å². The fourth-order valence-electron chi connectivity index (χ4n) is 2.18. The number of nitrogens with one attached hydrogen (secondary N) is 1. The summed E-state index contributed by atoms with van der Waals surface area (Å²) in [5.74, 6) is 0.966. The van der Waals surface area contributed by atoms with Crippen LogP contribution in [0.15, 0.2) is 17.5 Å². The molecule has 0 aliphatic heterocycles. The minimum atomic E-state index is 0.544. The molecule has 114 valence electrons. The van der Waals surface area contributed by atoms with Gasteiger partial charge in [0.15, 0.2) is 0 Å². The number of rotatable bonds is 7. The normalized spacial score (nSPS) is 10.9. The molecular formula is C17H24N2OS. The van der Waals surface area contributed by atoms with Gasteiger partial charge >= 0.3 is 0 Å². The van der Waals surface area contributed by atoms with Crippen LogP contribution in [-0.4, -0.2) is 11.5 Å². The number of aromatic nitrogens is 1. The molecule has 21 heavy (non-hydrogen) atoms. The van der Waals surface area contributed by atoms with E-state index in [1.165, 1.54) is 16.7 Å². The molecular weight excluding hydrogens is 280 g/mol. The van der Waals surface area contributed by atoms with Crippen LogP contribution < -0.4 is 10.1 Å². The Bertz CT molecular complexity index is 592. The third-order valence-electron chi connectivity index (χ3n) is 3.45. The molecule has 0 bridgehead atoms. The Kier molecular flexibility index (Phi) is 5.76. The van der Waals surface area contributed by atoms with Crippen molar-refractivity contribution in [3.05, 3.63) is 44.9 Å². The van der Waals surface area contributed by atoms with Gasteiger partial charge in [0.05, 0.1) is 5.69 Å². The van der Waals surface area contributed by atoms with Crippen molar-refractivity contribution < 1.29 is 4.74 Å². The fraction of sp³-hybridized carbons (Fsp3) is 0.471. The molecule has 0 unspecified atom stereocenters. The lowest BCUT2D eigenvalue weighted by Crippen LogP contribution is -2.14. The number of benzene rings is 1. The predicted molar refractivity (Wildman–Crippen MR) is 89.1 cm³/mol. The van der Waals surface area contributed by atoms with E-state index in [1.807, 2.05) is 0 Å². The highest BCUT2D eigenvalue weighted by atomic mass is 32.1. The molecule has 0 saturated carbocycles. The largest absolute Gasteiger partial charge is 0.486 e. The Morgan fingerprint density at radius 1 is 1.24 bits per heavy atom. The third-order valence-corrected chi connectivity index (χ3v) is 4.32. The van der Waals surface area contributed by atoms with Crippen molar-refractivity contribution >= 4 is 11.3 Å². The van der Waals surface area contributed by atoms with E-state index >= 15 is 0 Å². The zero-order chi connectivity index (χ0) is 15.2. The van der Waals surface area contributed by atoms with E-state index in [2.05, 4.69) is 55.5 Å². The second-order valence-corrected chi connectivity index (χ2v) is 6.35. The average molecular weight is 304 g/mol. The number of hydrogen-bond acceptors (Lipinski definition) is 4. The summed E-state index contributed by atoms with van der Waals surface area (Å²) < 4.78 is 5.95. The number of hydrogen-bond donors (Lipinski definition) is 1. The molecule has 0 fully saturated rings. The summed E-state index contributed by atoms with van der Waals surface area (Å²) in [4.78, 5) is 4.60. The van der Waals surface area contributed by atoms with Crippen LogP contribution in [0.4, 0.5) is 0 Å². The first-order valence-electron chi connectivity index (χ1n) is 7.44. The molecule has 0 atom stereocenters. The topological polar surface area (TPSA) is 34.1 Å². The van der Waals surface area contributed by atoms with Crippen molar-refractivity contribution in [1.29, 1.82) is 0 Å². The molecule has 0 saturated heterocycles. The lowest BCUT2D eigenvalue weighted by Gasteiger charge is -2.11. The van der Waals surface area contributed by atoms with Crippen LogP contribution in [0, 0.1) is 20.8 Å². The number of ether oxygens (including phenoxy) is 1. The first kappa shape index (κ1) is 16.0. The van der Waals surface area contributed by atoms with Gasteiger partial charge in [-0.2, -0.15) is 0 Å². The van der Waals surface area contributed by atoms with Crippen LogP contribution in [-0.2, 0) is 13.2 Å². The van der Waals surface area contributed by atoms with Crippen LogP contribution in [0.5, 0.6) is 5.75 Å². The van der Waals surface area contributed by atoms with Gasteiger partial charge < -0.3 is 10.1 Å². The summed E-state index contributed by atoms with van der Waals surface area (Å²) in [6.45, 7) is 10.9. The maximum absolute atomic E-state index is 5.95. The van der Waals surface area contributed by atoms with Crippen molar-refractivity contribution in [3.63, 3.8) is 0 Å². The zero-order valence-corrected chi connectivity index (χ0v) is 14.1. The van der Waals surface area contributed by atoms with E-state index < -0.39 is 0 Å². The molecule has 1 aromatic heterocycles. The van der Waals surface area contributed by atoms with E-state index in [0.717, 1.165) is 36.0 Å². The van der Waals surface area contributed by atoms with Gasteiger partial charge in [-0.15, -0.1) is 11.3 Å². The molecule has 0 radical (unpaired) electrons. The molecule has 4 heteroatoms. The molecule has 0 amide bonds. The van der Waals surface area contributed by atoms with Gasteiger partial charge in [-0.05, 0) is 56.5 Å². The van der Waals surface area contributed by atoms with Crippen molar-refractivity contribution in [1.82, 2.24) is 10.3 Å². The summed E-state index contributed by atoms with van der Waals surface area (Å²) in [5.41, 5.74) is 4.82. The monoisotopic (exact) mass is 304 g/mol. The predicted octanol–water partition coefficient (Wildman–Crippen LogP) is 4.15. The van der Waals surface area contributed by atoms with Gasteiger partial charge in [0.2, 0.25) is 0 Å². The number of aryl methyl sites for hydroxylation is 2. The second-order valence-electron chi connectivity index (χ2n) is 5.40. The molecule has 2 rings (SSSR count). The number of thiazole rings is 1. The average Bonchev–Trinajstić information content (AvgIpc) is 2.89. The molecule has 3 nitrogen and oxygen atoms in total. The maximum atomic E-state index is 5.95. The van der Waals surface area contributed by atoms with Gasteiger partial charge in [0, 0.05) is 11.9 Å². The van der Waals surface area contributed by atoms with Crippen molar-refractivity contribution in [2.75, 3.05) is 6.54 Å². The first-order valence-corrected chi connectivity index (χ1v) is 8.32. The van der Waals surface area contributed by atoms with E-state index in [4.69, 9.17) is 4.74 Å². The summed E-state index contributed by atoms with van der Waals surface area (Å²) >= 11 is 1.66. The minimum absolute atomic E-state index is 0.544. The highest BCUT2D eigenvalue weighted by Crippen LogP contribution is 2.24. The lowest BCUT2D eigenvalue weighted by atomic mass is 10.1. The van der Waals surface area contributed by atoms with Gasteiger partial charge in [-0.1, -0.05) is 13.0 Å². The number of nitrogens with zero attached hydrogens (tertiary/aromatic N) is 1. The Balaban J connectivity index is 1.94. The molecule has 0 aliphatic rings. The smallest absolute Gasteiger partial charge is 0.140 e. The van der Waals surface area contributed by atoms with Crippen LogP contribution in [0.25, 0.3) is 0 Å². The Labute approximate surface area is 131 Å². The highest BCUT2D eigenvalue weighted by Gasteiger charge is 2.07. The van der Waals surface area contributed by atoms with E-state index in [0.29, 0.717) is 6.61 Å². The fourth-order valence-corrected chi connectivity index (χ4v) is 2.88. The van der Waals surface area contributed by atoms with Gasteiger partial charge in [0.25, 0.3) is 0 Å². The molecule has 1 N–H and O–H groups in total. The van der Waals surface area contributed by atoms with Crippen molar-refractivity contribution in [2.24, 2.45) is 0 Å². The quantitative estimate of drug-likeness (QED) is 0.780. The summed E-state index contributed by atoms with van der Waals surface area (Å²) in [6, 6.07) is 4.28. The third kappa shape index (κ3) is 4.55. The van der Waals surface area contributed by atoms with Crippen LogP contribution in [0.3, 0.4) is 0 Å². The first-order chi connectivity index (χ1) is 10.1. The summed E-state index contributed by atoms with van der Waals surface area (Å²) in [6.07, 6.45) is 1.14. The standard InChI is InChI=1S/C17H24N2OS/c1-5-6-18-9-15-11-21-17(19-15)10-20-16-8-12(2)7-13(3)14(16)4/h7-8,11,18H,5-6,9-10H2,1-4H3. The Hall–Kier alpha value is -1.39. The summed E-state index contributed by atoms with van der Waals surface area (Å²) in [5, 5.41) is 6.50. The van der Waals surface area contributed by atoms with Crippen molar-refractivity contribution in [2.45, 2.75) is 47.3 Å². The highest BCUT2D eigenvalue weighted by molar-refractivity contribution is 7.09.